The van der Waals surface area contributed by atoms with Gasteiger partial charge in [0.15, 0.2) is 5.78 Å². The maximum absolute atomic E-state index is 14.5. The van der Waals surface area contributed by atoms with Gasteiger partial charge in [0.2, 0.25) is 5.91 Å². The second-order valence-corrected chi connectivity index (χ2v) is 14.1. The summed E-state index contributed by atoms with van der Waals surface area (Å²) in [6.45, 7) is 15.0. The number of carbonyl (C=O) groups is 3. The monoisotopic (exact) mass is 619 g/mol. The van der Waals surface area contributed by atoms with Crippen molar-refractivity contribution in [3.8, 4) is 17.0 Å². The van der Waals surface area contributed by atoms with Crippen molar-refractivity contribution in [2.24, 2.45) is 17.3 Å². The van der Waals surface area contributed by atoms with Crippen molar-refractivity contribution in [1.82, 2.24) is 14.6 Å². The number of carbonyl (C=O) groups excluding carboxylic acids is 3. The van der Waals surface area contributed by atoms with E-state index in [9.17, 15) is 14.4 Å². The second kappa shape index (κ2) is 12.2. The van der Waals surface area contributed by atoms with E-state index < -0.39 is 11.8 Å². The maximum atomic E-state index is 14.5. The van der Waals surface area contributed by atoms with E-state index in [-0.39, 0.29) is 41.1 Å². The third-order valence-corrected chi connectivity index (χ3v) is 9.97. The van der Waals surface area contributed by atoms with Crippen LogP contribution in [0.3, 0.4) is 0 Å². The molecule has 0 radical (unpaired) electrons. The minimum atomic E-state index is -0.564. The van der Waals surface area contributed by atoms with Crippen molar-refractivity contribution in [2.75, 3.05) is 19.9 Å². The fourth-order valence-electron chi connectivity index (χ4n) is 7.54. The van der Waals surface area contributed by atoms with Crippen molar-refractivity contribution >= 4 is 29.5 Å². The van der Waals surface area contributed by atoms with E-state index in [1.165, 1.54) is 11.9 Å². The van der Waals surface area contributed by atoms with E-state index in [0.717, 1.165) is 22.3 Å². The second-order valence-electron chi connectivity index (χ2n) is 13.5. The Morgan fingerprint density at radius 1 is 1.18 bits per heavy atom. The van der Waals surface area contributed by atoms with Crippen LogP contribution in [-0.2, 0) is 14.3 Å². The maximum Gasteiger partial charge on any atom is 0.279 e. The average Bonchev–Trinajstić information content (AvgIpc) is 2.95. The van der Waals surface area contributed by atoms with Gasteiger partial charge in [0.1, 0.15) is 23.3 Å². The van der Waals surface area contributed by atoms with Crippen LogP contribution >= 0.6 is 11.9 Å². The minimum Gasteiger partial charge on any atom is -0.496 e. The number of pyridine rings is 1. The zero-order valence-electron chi connectivity index (χ0n) is 27.4. The fourth-order valence-corrected chi connectivity index (χ4v) is 7.82. The standard InChI is InChI=1S/C35H45N3O5S/c1-10-38-23(18(2)3)15-26-30(34(38)41)31(29-24(39)16-35(6,7)17-27(29)43-26)28-20(5)21(12-14-25(28)42-8)22-13-11-19(4)32(36-22)33(40)37-44-9/h11-14,18,23,26,30-31H,10,15-17H2,1-9H3,(H,37,40)/t23-,26-,30-,31-/m0/s1. The molecular weight excluding hydrogens is 574 g/mol. The number of hydrogen-bond acceptors (Lipinski definition) is 7. The van der Waals surface area contributed by atoms with E-state index in [0.29, 0.717) is 54.3 Å². The molecular formula is C35H45N3O5S. The summed E-state index contributed by atoms with van der Waals surface area (Å²) >= 11 is 1.23. The van der Waals surface area contributed by atoms with Crippen molar-refractivity contribution < 1.29 is 23.9 Å². The molecule has 0 unspecified atom stereocenters. The SMILES string of the molecule is CCN1C(=O)[C@H]2[C@H](C[C@H]1C(C)C)OC1=C(C(=O)CC(C)(C)C1)[C@@H]2c1c(OC)ccc(-c2ccc(C)c(C(=O)NSC)n2)c1C. The van der Waals surface area contributed by atoms with Gasteiger partial charge in [-0.1, -0.05) is 45.7 Å². The first-order chi connectivity index (χ1) is 20.8. The molecule has 1 aromatic carbocycles. The van der Waals surface area contributed by atoms with Crippen molar-refractivity contribution in [1.29, 1.82) is 0 Å². The summed E-state index contributed by atoms with van der Waals surface area (Å²) in [5.41, 5.74) is 4.65. The molecule has 1 fully saturated rings. The predicted octanol–water partition coefficient (Wildman–Crippen LogP) is 6.40. The Kier molecular flexibility index (Phi) is 8.91. The van der Waals surface area contributed by atoms with Crippen molar-refractivity contribution in [2.45, 2.75) is 85.8 Å². The Morgan fingerprint density at radius 3 is 2.55 bits per heavy atom. The van der Waals surface area contributed by atoms with Gasteiger partial charge < -0.3 is 14.4 Å². The number of fused-ring (bicyclic) bond motifs is 1. The summed E-state index contributed by atoms with van der Waals surface area (Å²) in [5.74, 6) is 0.308. The van der Waals surface area contributed by atoms with Crippen LogP contribution in [0.5, 0.6) is 5.75 Å². The van der Waals surface area contributed by atoms with Gasteiger partial charge in [-0.3, -0.25) is 19.1 Å². The lowest BCUT2D eigenvalue weighted by atomic mass is 9.64. The Morgan fingerprint density at radius 2 is 1.91 bits per heavy atom. The lowest BCUT2D eigenvalue weighted by Gasteiger charge is -2.51. The molecule has 5 rings (SSSR count). The molecule has 3 heterocycles. The molecule has 2 aliphatic heterocycles. The lowest BCUT2D eigenvalue weighted by Crippen LogP contribution is -2.59. The number of rotatable bonds is 7. The number of nitrogens with zero attached hydrogens (tertiary/aromatic N) is 2. The molecule has 0 saturated carbocycles. The number of hydrogen-bond donors (Lipinski definition) is 1. The Labute approximate surface area is 265 Å². The number of allylic oxidation sites excluding steroid dienone is 2. The summed E-state index contributed by atoms with van der Waals surface area (Å²) < 4.78 is 15.5. The van der Waals surface area contributed by atoms with Crippen molar-refractivity contribution in [3.05, 3.63) is 58.0 Å². The van der Waals surface area contributed by atoms with Gasteiger partial charge in [0.25, 0.3) is 5.91 Å². The van der Waals surface area contributed by atoms with Crippen LogP contribution in [0.25, 0.3) is 11.3 Å². The van der Waals surface area contributed by atoms with E-state index in [2.05, 4.69) is 32.4 Å². The van der Waals surface area contributed by atoms with Gasteiger partial charge in [-0.05, 0) is 61.4 Å². The summed E-state index contributed by atoms with van der Waals surface area (Å²) in [6, 6.07) is 7.70. The number of aryl methyl sites for hydroxylation is 1. The van der Waals surface area contributed by atoms with Gasteiger partial charge in [0, 0.05) is 60.7 Å². The molecule has 1 saturated heterocycles. The van der Waals surface area contributed by atoms with Gasteiger partial charge in [-0.15, -0.1) is 0 Å². The van der Waals surface area contributed by atoms with Crippen LogP contribution in [0.2, 0.25) is 0 Å². The Bertz CT molecular complexity index is 1530. The van der Waals surface area contributed by atoms with Crippen molar-refractivity contribution in [3.63, 3.8) is 0 Å². The summed E-state index contributed by atoms with van der Waals surface area (Å²) in [6.07, 6.45) is 3.18. The molecule has 3 aliphatic rings. The van der Waals surface area contributed by atoms with Crippen LogP contribution in [0, 0.1) is 31.1 Å². The molecule has 8 nitrogen and oxygen atoms in total. The third kappa shape index (κ3) is 5.52. The van der Waals surface area contributed by atoms with Gasteiger partial charge in [0.05, 0.1) is 18.7 Å². The number of piperidine rings is 1. The zero-order valence-corrected chi connectivity index (χ0v) is 28.2. The third-order valence-electron chi connectivity index (χ3n) is 9.58. The van der Waals surface area contributed by atoms with Gasteiger partial charge in [-0.2, -0.15) is 0 Å². The highest BCUT2D eigenvalue weighted by atomic mass is 32.2. The van der Waals surface area contributed by atoms with Crippen LogP contribution in [0.1, 0.15) is 87.0 Å². The van der Waals surface area contributed by atoms with Crippen LogP contribution in [-0.4, -0.2) is 59.5 Å². The Balaban J connectivity index is 1.74. The average molecular weight is 620 g/mol. The van der Waals surface area contributed by atoms with Crippen LogP contribution in [0.4, 0.5) is 0 Å². The normalized spacial score (nSPS) is 24.5. The quantitative estimate of drug-likeness (QED) is 0.358. The predicted molar refractivity (Wildman–Crippen MR) is 173 cm³/mol. The summed E-state index contributed by atoms with van der Waals surface area (Å²) in [7, 11) is 1.63. The molecule has 44 heavy (non-hydrogen) atoms. The van der Waals surface area contributed by atoms with Crippen LogP contribution in [0.15, 0.2) is 35.6 Å². The molecule has 1 aromatic heterocycles. The number of aromatic nitrogens is 1. The number of amides is 2. The first kappa shape index (κ1) is 32.1. The van der Waals surface area contributed by atoms with Gasteiger partial charge >= 0.3 is 0 Å². The summed E-state index contributed by atoms with van der Waals surface area (Å²) in [4.78, 5) is 48.1. The molecule has 0 spiro atoms. The van der Waals surface area contributed by atoms with Gasteiger partial charge in [-0.25, -0.2) is 4.98 Å². The topological polar surface area (TPSA) is 97.8 Å². The highest BCUT2D eigenvalue weighted by molar-refractivity contribution is 7.97. The minimum absolute atomic E-state index is 0.0213. The number of Topliss-reactive ketones (excluding diaryl/α,β-unsaturated/α-hetero) is 1. The highest BCUT2D eigenvalue weighted by Crippen LogP contribution is 2.55. The molecule has 4 atom stereocenters. The summed E-state index contributed by atoms with van der Waals surface area (Å²) in [5, 5.41) is 0. The number of nitrogens with one attached hydrogen (secondary N) is 1. The zero-order chi connectivity index (χ0) is 32.1. The van der Waals surface area contributed by atoms with E-state index in [4.69, 9.17) is 14.5 Å². The van der Waals surface area contributed by atoms with E-state index in [1.54, 1.807) is 13.4 Å². The van der Waals surface area contributed by atoms with Crippen LogP contribution < -0.4 is 9.46 Å². The molecule has 9 heteroatoms. The molecule has 1 N–H and O–H groups in total. The molecule has 0 bridgehead atoms. The number of ketones is 1. The van der Waals surface area contributed by atoms with E-state index >= 15 is 0 Å². The number of benzene rings is 1. The molecule has 1 aliphatic carbocycles. The molecule has 2 amide bonds. The smallest absolute Gasteiger partial charge is 0.279 e. The molecule has 236 valence electrons. The fraction of sp³-hybridized carbons (Fsp3) is 0.543. The first-order valence-electron chi connectivity index (χ1n) is 15.6. The highest BCUT2D eigenvalue weighted by Gasteiger charge is 2.55. The molecule has 2 aromatic rings. The number of likely N-dealkylation sites (tertiary alicyclic amines) is 1. The van der Waals surface area contributed by atoms with E-state index in [1.807, 2.05) is 49.9 Å². The Hall–Kier alpha value is -3.33. The lowest BCUT2D eigenvalue weighted by molar-refractivity contribution is -0.156. The first-order valence-corrected chi connectivity index (χ1v) is 16.8. The number of ether oxygens (including phenoxy) is 2. The number of methoxy groups -OCH3 is 1. The largest absolute Gasteiger partial charge is 0.496 e.